The van der Waals surface area contributed by atoms with Gasteiger partial charge in [0.1, 0.15) is 0 Å². The molecule has 0 amide bonds. The van der Waals surface area contributed by atoms with Crippen LogP contribution in [-0.4, -0.2) is 17.7 Å². The lowest BCUT2D eigenvalue weighted by atomic mass is 10.1. The number of alkyl halides is 5. The Morgan fingerprint density at radius 2 is 1.25 bits per heavy atom. The fourth-order valence-electron chi connectivity index (χ4n) is 1.69. The molecule has 1 aromatic rings. The van der Waals surface area contributed by atoms with Crippen LogP contribution in [0.4, 0.5) is 30.7 Å². The highest BCUT2D eigenvalue weighted by atomic mass is 19.3. The Labute approximate surface area is 108 Å². The van der Waals surface area contributed by atoms with Gasteiger partial charge >= 0.3 is 17.7 Å². The summed E-state index contributed by atoms with van der Waals surface area (Å²) in [5.41, 5.74) is 0.0869. The third-order valence-electron chi connectivity index (χ3n) is 2.83. The van der Waals surface area contributed by atoms with Crippen molar-refractivity contribution in [2.75, 3.05) is 0 Å². The Hall–Kier alpha value is -1.57. The van der Waals surface area contributed by atoms with Crippen LogP contribution < -0.4 is 0 Å². The average Bonchev–Trinajstić information content (AvgIpc) is 2.50. The maximum Gasteiger partial charge on any atom is 0.365 e. The second kappa shape index (κ2) is 4.47. The lowest BCUT2D eigenvalue weighted by Crippen LogP contribution is -2.54. The van der Waals surface area contributed by atoms with Crippen molar-refractivity contribution in [3.05, 3.63) is 47.5 Å². The summed E-state index contributed by atoms with van der Waals surface area (Å²) in [6.45, 7) is -0.997. The molecule has 0 aliphatic heterocycles. The van der Waals surface area contributed by atoms with Crippen LogP contribution in [0.5, 0.6) is 0 Å². The molecule has 8 heteroatoms. The van der Waals surface area contributed by atoms with Gasteiger partial charge in [0.25, 0.3) is 0 Å². The predicted octanol–water partition coefficient (Wildman–Crippen LogP) is 4.30. The van der Waals surface area contributed by atoms with Crippen LogP contribution in [-0.2, 0) is 11.3 Å². The quantitative estimate of drug-likeness (QED) is 0.756. The van der Waals surface area contributed by atoms with Gasteiger partial charge in [0, 0.05) is 0 Å². The highest BCUT2D eigenvalue weighted by Crippen LogP contribution is 2.59. The van der Waals surface area contributed by atoms with Crippen LogP contribution in [0, 0.1) is 0 Å². The third kappa shape index (κ3) is 1.81. The van der Waals surface area contributed by atoms with Gasteiger partial charge in [0.05, 0.1) is 6.61 Å². The molecule has 1 aliphatic rings. The van der Waals surface area contributed by atoms with Crippen LogP contribution in [0.3, 0.4) is 0 Å². The molecule has 110 valence electrons. The smallest absolute Gasteiger partial charge is 0.331 e. The summed E-state index contributed by atoms with van der Waals surface area (Å²) in [6.07, 6.45) is 0. The third-order valence-corrected chi connectivity index (χ3v) is 2.83. The Kier molecular flexibility index (Phi) is 3.32. The monoisotopic (exact) mass is 300 g/mol. The molecular formula is C12H7F7O. The SMILES string of the molecule is FC1=C(F)C(F)(F)C(F)(OCc2ccccc2)C1(F)F. The molecule has 0 atom stereocenters. The van der Waals surface area contributed by atoms with Gasteiger partial charge in [-0.05, 0) is 5.56 Å². The predicted molar refractivity (Wildman–Crippen MR) is 54.2 cm³/mol. The van der Waals surface area contributed by atoms with E-state index in [1.807, 2.05) is 0 Å². The van der Waals surface area contributed by atoms with Crippen LogP contribution >= 0.6 is 0 Å². The molecule has 0 saturated carbocycles. The molecule has 0 spiro atoms. The minimum Gasteiger partial charge on any atom is -0.331 e. The van der Waals surface area contributed by atoms with Crippen molar-refractivity contribution in [1.82, 2.24) is 0 Å². The molecule has 0 aromatic heterocycles. The van der Waals surface area contributed by atoms with Gasteiger partial charge in [-0.25, -0.2) is 8.78 Å². The van der Waals surface area contributed by atoms with E-state index in [-0.39, 0.29) is 5.56 Å². The van der Waals surface area contributed by atoms with Crippen LogP contribution in [0.1, 0.15) is 5.56 Å². The summed E-state index contributed by atoms with van der Waals surface area (Å²) < 4.78 is 95.9. The fourth-order valence-corrected chi connectivity index (χ4v) is 1.69. The zero-order valence-electron chi connectivity index (χ0n) is 9.65. The number of hydrogen-bond acceptors (Lipinski definition) is 1. The Balaban J connectivity index is 2.30. The molecule has 0 heterocycles. The minimum atomic E-state index is -5.41. The lowest BCUT2D eigenvalue weighted by Gasteiger charge is -2.30. The van der Waals surface area contributed by atoms with Gasteiger partial charge in [-0.2, -0.15) is 22.0 Å². The molecule has 1 nitrogen and oxygen atoms in total. The molecule has 0 unspecified atom stereocenters. The first-order valence-electron chi connectivity index (χ1n) is 5.33. The Bertz CT molecular complexity index is 514. The molecule has 0 N–H and O–H groups in total. The second-order valence-electron chi connectivity index (χ2n) is 4.15. The van der Waals surface area contributed by atoms with Crippen molar-refractivity contribution in [2.24, 2.45) is 0 Å². The van der Waals surface area contributed by atoms with E-state index >= 15 is 0 Å². The lowest BCUT2D eigenvalue weighted by molar-refractivity contribution is -0.336. The van der Waals surface area contributed by atoms with E-state index in [1.54, 1.807) is 0 Å². The summed E-state index contributed by atoms with van der Waals surface area (Å²) in [5.74, 6) is -22.2. The Morgan fingerprint density at radius 3 is 1.70 bits per heavy atom. The van der Waals surface area contributed by atoms with Gasteiger partial charge < -0.3 is 4.74 Å². The molecular weight excluding hydrogens is 293 g/mol. The van der Waals surface area contributed by atoms with E-state index in [1.165, 1.54) is 30.3 Å². The van der Waals surface area contributed by atoms with E-state index in [0.717, 1.165) is 0 Å². The maximum atomic E-state index is 13.8. The zero-order valence-corrected chi connectivity index (χ0v) is 9.65. The number of hydrogen-bond donors (Lipinski definition) is 0. The first kappa shape index (κ1) is 14.8. The molecule has 0 radical (unpaired) electrons. The Morgan fingerprint density at radius 1 is 0.800 bits per heavy atom. The van der Waals surface area contributed by atoms with Gasteiger partial charge in [0.2, 0.25) is 11.7 Å². The van der Waals surface area contributed by atoms with E-state index in [2.05, 4.69) is 4.74 Å². The molecule has 1 aliphatic carbocycles. The number of halogens is 7. The molecule has 2 rings (SSSR count). The van der Waals surface area contributed by atoms with E-state index < -0.39 is 36.0 Å². The average molecular weight is 300 g/mol. The van der Waals surface area contributed by atoms with Crippen molar-refractivity contribution >= 4 is 0 Å². The van der Waals surface area contributed by atoms with E-state index in [9.17, 15) is 30.7 Å². The summed E-state index contributed by atoms with van der Waals surface area (Å²) in [6, 6.07) is 6.96. The summed E-state index contributed by atoms with van der Waals surface area (Å²) in [5, 5.41) is 0. The topological polar surface area (TPSA) is 9.23 Å². The van der Waals surface area contributed by atoms with Gasteiger partial charge in [0.15, 0.2) is 0 Å². The van der Waals surface area contributed by atoms with Gasteiger partial charge in [-0.3, -0.25) is 0 Å². The minimum absolute atomic E-state index is 0.0869. The van der Waals surface area contributed by atoms with Crippen LogP contribution in [0.25, 0.3) is 0 Å². The summed E-state index contributed by atoms with van der Waals surface area (Å²) in [4.78, 5) is 0. The first-order chi connectivity index (χ1) is 9.14. The van der Waals surface area contributed by atoms with Crippen molar-refractivity contribution in [2.45, 2.75) is 24.3 Å². The van der Waals surface area contributed by atoms with Gasteiger partial charge in [-0.1, -0.05) is 30.3 Å². The molecule has 0 bridgehead atoms. The molecule has 0 fully saturated rings. The highest BCUT2D eigenvalue weighted by Gasteiger charge is 2.82. The van der Waals surface area contributed by atoms with Crippen LogP contribution in [0.2, 0.25) is 0 Å². The summed E-state index contributed by atoms with van der Waals surface area (Å²) in [7, 11) is 0. The number of benzene rings is 1. The van der Waals surface area contributed by atoms with Crippen molar-refractivity contribution in [3.63, 3.8) is 0 Å². The van der Waals surface area contributed by atoms with E-state index in [0.29, 0.717) is 0 Å². The highest BCUT2D eigenvalue weighted by molar-refractivity contribution is 5.33. The van der Waals surface area contributed by atoms with Crippen LogP contribution in [0.15, 0.2) is 42.0 Å². The van der Waals surface area contributed by atoms with Crippen molar-refractivity contribution in [1.29, 1.82) is 0 Å². The molecule has 20 heavy (non-hydrogen) atoms. The van der Waals surface area contributed by atoms with E-state index in [4.69, 9.17) is 0 Å². The first-order valence-corrected chi connectivity index (χ1v) is 5.33. The number of rotatable bonds is 3. The van der Waals surface area contributed by atoms with Crippen molar-refractivity contribution in [3.8, 4) is 0 Å². The fraction of sp³-hybridized carbons (Fsp3) is 0.333. The zero-order chi connectivity index (χ0) is 15.2. The standard InChI is InChI=1S/C12H7F7O/c13-8-9(14)11(17,18)12(19,10(8,15)16)20-6-7-4-2-1-3-5-7/h1-5H,6H2. The van der Waals surface area contributed by atoms with Crippen molar-refractivity contribution < 1.29 is 35.5 Å². The molecule has 1 aromatic carbocycles. The normalized spacial score (nSPS) is 23.1. The largest absolute Gasteiger partial charge is 0.365 e. The second-order valence-corrected chi connectivity index (χ2v) is 4.15. The maximum absolute atomic E-state index is 13.8. The number of ether oxygens (including phenoxy) is 1. The molecule has 0 saturated heterocycles. The van der Waals surface area contributed by atoms with Gasteiger partial charge in [-0.15, -0.1) is 0 Å². The summed E-state index contributed by atoms with van der Waals surface area (Å²) >= 11 is 0.